The van der Waals surface area contributed by atoms with E-state index in [-0.39, 0.29) is 0 Å². The lowest BCUT2D eigenvalue weighted by molar-refractivity contribution is 0.844. The molecule has 1 atom stereocenters. The van der Waals surface area contributed by atoms with Gasteiger partial charge in [0.2, 0.25) is 0 Å². The third kappa shape index (κ3) is 1.71. The number of hydrogen-bond donors (Lipinski definition) is 0. The first-order chi connectivity index (χ1) is 6.29. The van der Waals surface area contributed by atoms with E-state index in [1.165, 1.54) is 5.69 Å². The molecule has 0 aliphatic carbocycles. The average molecular weight is 209 g/mol. The number of thioether (sulfide) groups is 1. The van der Waals surface area contributed by atoms with Crippen molar-refractivity contribution in [3.05, 3.63) is 30.3 Å². The van der Waals surface area contributed by atoms with Crippen LogP contribution in [0.4, 0.5) is 5.69 Å². The van der Waals surface area contributed by atoms with Crippen LogP contribution in [0.3, 0.4) is 0 Å². The summed E-state index contributed by atoms with van der Waals surface area (Å²) in [5, 5.41) is 0. The van der Waals surface area contributed by atoms with E-state index >= 15 is 0 Å². The van der Waals surface area contributed by atoms with Crippen molar-refractivity contribution in [2.75, 3.05) is 10.7 Å². The van der Waals surface area contributed by atoms with Gasteiger partial charge in [0, 0.05) is 17.5 Å². The number of para-hydroxylation sites is 1. The van der Waals surface area contributed by atoms with Gasteiger partial charge >= 0.3 is 0 Å². The largest absolute Gasteiger partial charge is 0.324 e. The Bertz CT molecular complexity index is 310. The van der Waals surface area contributed by atoms with Gasteiger partial charge in [-0.15, -0.1) is 0 Å². The van der Waals surface area contributed by atoms with Crippen molar-refractivity contribution in [3.63, 3.8) is 0 Å². The fourth-order valence-corrected chi connectivity index (χ4v) is 2.91. The Balaban J connectivity index is 2.30. The molecule has 1 aromatic rings. The Hall–Kier alpha value is -0.540. The molecule has 0 saturated carbocycles. The number of benzene rings is 1. The van der Waals surface area contributed by atoms with Crippen LogP contribution in [0.2, 0.25) is 0 Å². The quantitative estimate of drug-likeness (QED) is 0.655. The summed E-state index contributed by atoms with van der Waals surface area (Å²) in [6.07, 6.45) is 0. The molecule has 1 unspecified atom stereocenters. The molecular weight excluding hydrogens is 198 g/mol. The predicted octanol–water partition coefficient (Wildman–Crippen LogP) is 2.91. The number of thiocarbonyl (C=S) groups is 1. The standard InChI is InChI=1S/C10H11NS2/c1-8-7-13-10(12)11(8)9-5-3-2-4-6-9/h2-6,8H,7H2,1H3. The van der Waals surface area contributed by atoms with E-state index in [2.05, 4.69) is 24.0 Å². The number of rotatable bonds is 1. The summed E-state index contributed by atoms with van der Waals surface area (Å²) in [7, 11) is 0. The van der Waals surface area contributed by atoms with Crippen molar-refractivity contribution in [1.29, 1.82) is 0 Å². The van der Waals surface area contributed by atoms with Crippen molar-refractivity contribution in [3.8, 4) is 0 Å². The van der Waals surface area contributed by atoms with Gasteiger partial charge in [-0.2, -0.15) is 0 Å². The van der Waals surface area contributed by atoms with Crippen LogP contribution in [-0.4, -0.2) is 16.1 Å². The summed E-state index contributed by atoms with van der Waals surface area (Å²) in [5.74, 6) is 1.10. The van der Waals surface area contributed by atoms with E-state index in [4.69, 9.17) is 12.2 Å². The van der Waals surface area contributed by atoms with Gasteiger partial charge in [0.15, 0.2) is 0 Å². The van der Waals surface area contributed by atoms with Crippen LogP contribution in [0, 0.1) is 0 Å². The lowest BCUT2D eigenvalue weighted by Gasteiger charge is -2.22. The highest BCUT2D eigenvalue weighted by Gasteiger charge is 2.25. The molecule has 0 amide bonds. The van der Waals surface area contributed by atoms with Crippen LogP contribution < -0.4 is 4.90 Å². The molecule has 2 rings (SSSR count). The van der Waals surface area contributed by atoms with Gasteiger partial charge in [0.25, 0.3) is 0 Å². The molecule has 1 fully saturated rings. The number of hydrogen-bond acceptors (Lipinski definition) is 2. The van der Waals surface area contributed by atoms with Crippen LogP contribution in [0.25, 0.3) is 0 Å². The third-order valence-corrected chi connectivity index (χ3v) is 3.76. The molecule has 1 saturated heterocycles. The molecular formula is C10H11NS2. The third-order valence-electron chi connectivity index (χ3n) is 2.12. The SMILES string of the molecule is CC1CSC(=S)N1c1ccccc1. The summed E-state index contributed by atoms with van der Waals surface area (Å²) < 4.78 is 0.999. The van der Waals surface area contributed by atoms with E-state index in [0.29, 0.717) is 6.04 Å². The highest BCUT2D eigenvalue weighted by molar-refractivity contribution is 8.23. The molecule has 13 heavy (non-hydrogen) atoms. The highest BCUT2D eigenvalue weighted by atomic mass is 32.2. The lowest BCUT2D eigenvalue weighted by Crippen LogP contribution is -2.30. The molecule has 0 radical (unpaired) electrons. The molecule has 1 aliphatic heterocycles. The zero-order valence-corrected chi connectivity index (χ0v) is 9.07. The van der Waals surface area contributed by atoms with Gasteiger partial charge in [-0.25, -0.2) is 0 Å². The van der Waals surface area contributed by atoms with Gasteiger partial charge in [-0.3, -0.25) is 0 Å². The molecule has 1 nitrogen and oxygen atoms in total. The Labute approximate surface area is 88.1 Å². The first-order valence-corrected chi connectivity index (χ1v) is 5.69. The molecule has 1 heterocycles. The molecule has 68 valence electrons. The maximum absolute atomic E-state index is 5.29. The Morgan fingerprint density at radius 3 is 2.62 bits per heavy atom. The van der Waals surface area contributed by atoms with Gasteiger partial charge in [-0.05, 0) is 19.1 Å². The van der Waals surface area contributed by atoms with Crippen molar-refractivity contribution in [2.24, 2.45) is 0 Å². The zero-order valence-electron chi connectivity index (χ0n) is 7.43. The predicted molar refractivity (Wildman–Crippen MR) is 63.4 cm³/mol. The zero-order chi connectivity index (χ0) is 9.26. The Kier molecular flexibility index (Phi) is 2.56. The molecule has 1 aliphatic rings. The molecule has 1 aromatic carbocycles. The number of anilines is 1. The van der Waals surface area contributed by atoms with Crippen LogP contribution in [0.1, 0.15) is 6.92 Å². The van der Waals surface area contributed by atoms with Gasteiger partial charge in [0.1, 0.15) is 4.32 Å². The van der Waals surface area contributed by atoms with Crippen LogP contribution >= 0.6 is 24.0 Å². The monoisotopic (exact) mass is 209 g/mol. The molecule has 0 aromatic heterocycles. The summed E-state index contributed by atoms with van der Waals surface area (Å²) >= 11 is 7.05. The average Bonchev–Trinajstić information content (AvgIpc) is 2.48. The minimum atomic E-state index is 0.528. The van der Waals surface area contributed by atoms with Crippen molar-refractivity contribution in [2.45, 2.75) is 13.0 Å². The van der Waals surface area contributed by atoms with Gasteiger partial charge < -0.3 is 4.90 Å². The molecule has 0 bridgehead atoms. The maximum atomic E-state index is 5.29. The van der Waals surface area contributed by atoms with E-state index < -0.39 is 0 Å². The maximum Gasteiger partial charge on any atom is 0.141 e. The van der Waals surface area contributed by atoms with Crippen LogP contribution in [0.15, 0.2) is 30.3 Å². The minimum absolute atomic E-state index is 0.528. The van der Waals surface area contributed by atoms with Crippen LogP contribution in [0.5, 0.6) is 0 Å². The van der Waals surface area contributed by atoms with Crippen LogP contribution in [-0.2, 0) is 0 Å². The van der Waals surface area contributed by atoms with Gasteiger partial charge in [0.05, 0.1) is 0 Å². The molecule has 0 spiro atoms. The topological polar surface area (TPSA) is 3.24 Å². The highest BCUT2D eigenvalue weighted by Crippen LogP contribution is 2.29. The summed E-state index contributed by atoms with van der Waals surface area (Å²) in [4.78, 5) is 2.22. The second kappa shape index (κ2) is 3.68. The molecule has 0 N–H and O–H groups in total. The minimum Gasteiger partial charge on any atom is -0.324 e. The van der Waals surface area contributed by atoms with Crippen molar-refractivity contribution in [1.82, 2.24) is 0 Å². The van der Waals surface area contributed by atoms with Crippen molar-refractivity contribution >= 4 is 34.0 Å². The Morgan fingerprint density at radius 2 is 2.08 bits per heavy atom. The lowest BCUT2D eigenvalue weighted by atomic mass is 10.2. The molecule has 3 heteroatoms. The smallest absolute Gasteiger partial charge is 0.141 e. The fraction of sp³-hybridized carbons (Fsp3) is 0.300. The first-order valence-electron chi connectivity index (χ1n) is 4.30. The fourth-order valence-electron chi connectivity index (χ4n) is 1.46. The second-order valence-electron chi connectivity index (χ2n) is 3.13. The summed E-state index contributed by atoms with van der Waals surface area (Å²) in [6, 6.07) is 10.9. The van der Waals surface area contributed by atoms with Gasteiger partial charge in [-0.1, -0.05) is 42.2 Å². The van der Waals surface area contributed by atoms with E-state index in [1.807, 2.05) is 18.2 Å². The van der Waals surface area contributed by atoms with Crippen molar-refractivity contribution < 1.29 is 0 Å². The van der Waals surface area contributed by atoms with E-state index in [9.17, 15) is 0 Å². The summed E-state index contributed by atoms with van der Waals surface area (Å²) in [5.41, 5.74) is 1.21. The first kappa shape index (κ1) is 9.03. The summed E-state index contributed by atoms with van der Waals surface area (Å²) in [6.45, 7) is 2.21. The Morgan fingerprint density at radius 1 is 1.38 bits per heavy atom. The van der Waals surface area contributed by atoms with E-state index in [0.717, 1.165) is 10.1 Å². The van der Waals surface area contributed by atoms with E-state index in [1.54, 1.807) is 11.8 Å². The second-order valence-corrected chi connectivity index (χ2v) is 4.79. The normalized spacial score (nSPS) is 22.4. The number of nitrogens with zero attached hydrogens (tertiary/aromatic N) is 1.